The van der Waals surface area contributed by atoms with Gasteiger partial charge >= 0.3 is 5.97 Å². The summed E-state index contributed by atoms with van der Waals surface area (Å²) in [4.78, 5) is 11.0. The minimum atomic E-state index is -0.585. The van der Waals surface area contributed by atoms with Crippen LogP contribution in [0, 0.1) is 0 Å². The third-order valence-electron chi connectivity index (χ3n) is 1.71. The van der Waals surface area contributed by atoms with Crippen LogP contribution >= 0.6 is 0 Å². The minimum absolute atomic E-state index is 0.197. The van der Waals surface area contributed by atoms with E-state index in [4.69, 9.17) is 15.6 Å². The molecule has 0 aliphatic rings. The number of nitrogens with two attached hydrogens (primary N) is 1. The molecule has 0 heterocycles. The molecule has 0 aromatic rings. The first kappa shape index (κ1) is 12.4. The van der Waals surface area contributed by atoms with E-state index in [-0.39, 0.29) is 18.9 Å². The van der Waals surface area contributed by atoms with Crippen molar-refractivity contribution in [2.45, 2.75) is 38.7 Å². The van der Waals surface area contributed by atoms with Gasteiger partial charge in [0.25, 0.3) is 0 Å². The number of hydrogen-bond acceptors (Lipinski definition) is 4. The van der Waals surface area contributed by atoms with Crippen LogP contribution in [0.15, 0.2) is 0 Å². The molecule has 0 aliphatic carbocycles. The number of esters is 1. The van der Waals surface area contributed by atoms with Gasteiger partial charge in [0.15, 0.2) is 0 Å². The van der Waals surface area contributed by atoms with E-state index >= 15 is 0 Å². The number of hydrogen-bond donors (Lipinski definition) is 2. The quantitative estimate of drug-likeness (QED) is 0.450. The predicted octanol–water partition coefficient (Wildman–Crippen LogP) is 0.430. The van der Waals surface area contributed by atoms with Gasteiger partial charge in [-0.1, -0.05) is 13.3 Å². The van der Waals surface area contributed by atoms with Crippen LogP contribution in [-0.4, -0.2) is 30.3 Å². The van der Waals surface area contributed by atoms with Crippen LogP contribution in [-0.2, 0) is 9.53 Å². The van der Waals surface area contributed by atoms with Crippen LogP contribution in [0.2, 0.25) is 0 Å². The Hall–Kier alpha value is -0.610. The molecule has 0 fully saturated rings. The Kier molecular flexibility index (Phi) is 7.63. The van der Waals surface area contributed by atoms with E-state index in [0.29, 0.717) is 13.0 Å². The second-order valence-electron chi connectivity index (χ2n) is 3.00. The maximum absolute atomic E-state index is 11.0. The van der Waals surface area contributed by atoms with Gasteiger partial charge in [-0.3, -0.25) is 4.79 Å². The molecule has 1 atom stereocenters. The molecule has 0 radical (unpaired) electrons. The fraction of sp³-hybridized carbons (Fsp3) is 0.889. The molecule has 0 aromatic heterocycles. The van der Waals surface area contributed by atoms with Gasteiger partial charge in [0, 0.05) is 13.0 Å². The Bertz CT molecular complexity index is 139. The second kappa shape index (κ2) is 8.01. The average molecular weight is 189 g/mol. The summed E-state index contributed by atoms with van der Waals surface area (Å²) in [5, 5.41) is 9.05. The molecular weight excluding hydrogens is 170 g/mol. The molecule has 0 saturated carbocycles. The van der Waals surface area contributed by atoms with Crippen molar-refractivity contribution in [3.8, 4) is 0 Å². The Morgan fingerprint density at radius 2 is 2.31 bits per heavy atom. The highest BCUT2D eigenvalue weighted by atomic mass is 16.5. The van der Waals surface area contributed by atoms with Crippen LogP contribution in [0.1, 0.15) is 32.6 Å². The summed E-state index contributed by atoms with van der Waals surface area (Å²) < 4.78 is 4.89. The molecular formula is C9H19NO3. The van der Waals surface area contributed by atoms with Crippen molar-refractivity contribution < 1.29 is 14.6 Å². The lowest BCUT2D eigenvalue weighted by atomic mass is 10.2. The van der Waals surface area contributed by atoms with Crippen LogP contribution in [0.4, 0.5) is 0 Å². The first-order chi connectivity index (χ1) is 6.20. The summed E-state index contributed by atoms with van der Waals surface area (Å²) >= 11 is 0. The molecule has 0 aromatic carbocycles. The molecule has 0 amide bonds. The normalized spacial score (nSPS) is 12.5. The second-order valence-corrected chi connectivity index (χ2v) is 3.00. The highest BCUT2D eigenvalue weighted by Crippen LogP contribution is 1.98. The average Bonchev–Trinajstić information content (AvgIpc) is 2.14. The number of rotatable bonds is 7. The van der Waals surface area contributed by atoms with Crippen molar-refractivity contribution in [3.63, 3.8) is 0 Å². The minimum Gasteiger partial charge on any atom is -0.466 e. The molecule has 1 unspecified atom stereocenters. The van der Waals surface area contributed by atoms with E-state index in [2.05, 4.69) is 0 Å². The maximum atomic E-state index is 11.0. The fourth-order valence-electron chi connectivity index (χ4n) is 0.805. The molecule has 4 heteroatoms. The van der Waals surface area contributed by atoms with Crippen molar-refractivity contribution >= 4 is 5.97 Å². The van der Waals surface area contributed by atoms with Crippen molar-refractivity contribution in [3.05, 3.63) is 0 Å². The van der Waals surface area contributed by atoms with E-state index in [9.17, 15) is 4.79 Å². The van der Waals surface area contributed by atoms with Crippen molar-refractivity contribution in [1.82, 2.24) is 0 Å². The number of aliphatic hydroxyl groups is 1. The Labute approximate surface area is 79.1 Å². The van der Waals surface area contributed by atoms with Gasteiger partial charge in [0.05, 0.1) is 12.7 Å². The number of carbonyl (C=O) groups excluding carboxylic acids is 1. The molecule has 0 rings (SSSR count). The first-order valence-corrected chi connectivity index (χ1v) is 4.74. The third kappa shape index (κ3) is 7.74. The van der Waals surface area contributed by atoms with Crippen LogP contribution in [0.5, 0.6) is 0 Å². The van der Waals surface area contributed by atoms with E-state index in [1.165, 1.54) is 0 Å². The Balaban J connectivity index is 3.30. The van der Waals surface area contributed by atoms with Gasteiger partial charge in [-0.25, -0.2) is 0 Å². The number of aliphatic hydroxyl groups excluding tert-OH is 1. The SMILES string of the molecule is CCCCOC(=O)CCC(O)CN. The van der Waals surface area contributed by atoms with Crippen molar-refractivity contribution in [1.29, 1.82) is 0 Å². The van der Waals surface area contributed by atoms with E-state index in [0.717, 1.165) is 12.8 Å². The van der Waals surface area contributed by atoms with Gasteiger partial charge in [-0.15, -0.1) is 0 Å². The maximum Gasteiger partial charge on any atom is 0.305 e. The summed E-state index contributed by atoms with van der Waals surface area (Å²) in [6.07, 6.45) is 1.96. The molecule has 3 N–H and O–H groups in total. The van der Waals surface area contributed by atoms with E-state index in [1.807, 2.05) is 6.92 Å². The molecule has 0 bridgehead atoms. The summed E-state index contributed by atoms with van der Waals surface area (Å²) in [5.74, 6) is -0.249. The highest BCUT2D eigenvalue weighted by molar-refractivity contribution is 5.69. The largest absolute Gasteiger partial charge is 0.466 e. The zero-order valence-corrected chi connectivity index (χ0v) is 8.16. The van der Waals surface area contributed by atoms with Crippen LogP contribution in [0.25, 0.3) is 0 Å². The topological polar surface area (TPSA) is 72.5 Å². The van der Waals surface area contributed by atoms with Gasteiger partial charge < -0.3 is 15.6 Å². The monoisotopic (exact) mass is 189 g/mol. The summed E-state index contributed by atoms with van der Waals surface area (Å²) in [7, 11) is 0. The van der Waals surface area contributed by atoms with Crippen molar-refractivity contribution in [2.24, 2.45) is 5.73 Å². The number of unbranched alkanes of at least 4 members (excludes halogenated alkanes) is 1. The van der Waals surface area contributed by atoms with Gasteiger partial charge in [-0.05, 0) is 12.8 Å². The third-order valence-corrected chi connectivity index (χ3v) is 1.71. The van der Waals surface area contributed by atoms with Gasteiger partial charge in [0.1, 0.15) is 0 Å². The molecule has 4 nitrogen and oxygen atoms in total. The molecule has 0 saturated heterocycles. The fourth-order valence-corrected chi connectivity index (χ4v) is 0.805. The zero-order valence-electron chi connectivity index (χ0n) is 8.16. The number of carbonyl (C=O) groups is 1. The highest BCUT2D eigenvalue weighted by Gasteiger charge is 2.06. The van der Waals surface area contributed by atoms with Crippen LogP contribution in [0.3, 0.4) is 0 Å². The Morgan fingerprint density at radius 3 is 2.85 bits per heavy atom. The number of ether oxygens (including phenoxy) is 1. The summed E-state index contributed by atoms with van der Waals surface area (Å²) in [6, 6.07) is 0. The lowest BCUT2D eigenvalue weighted by Crippen LogP contribution is -2.21. The smallest absolute Gasteiger partial charge is 0.305 e. The zero-order chi connectivity index (χ0) is 10.1. The Morgan fingerprint density at radius 1 is 1.62 bits per heavy atom. The lowest BCUT2D eigenvalue weighted by Gasteiger charge is -2.07. The van der Waals surface area contributed by atoms with Gasteiger partial charge in [-0.2, -0.15) is 0 Å². The molecule has 0 aliphatic heterocycles. The summed E-state index contributed by atoms with van der Waals surface area (Å²) in [5.41, 5.74) is 5.18. The first-order valence-electron chi connectivity index (χ1n) is 4.74. The molecule has 13 heavy (non-hydrogen) atoms. The lowest BCUT2D eigenvalue weighted by molar-refractivity contribution is -0.144. The van der Waals surface area contributed by atoms with E-state index in [1.54, 1.807) is 0 Å². The van der Waals surface area contributed by atoms with Gasteiger partial charge in [0.2, 0.25) is 0 Å². The van der Waals surface area contributed by atoms with E-state index < -0.39 is 6.10 Å². The molecule has 0 spiro atoms. The standard InChI is InChI=1S/C9H19NO3/c1-2-3-6-13-9(12)5-4-8(11)7-10/h8,11H,2-7,10H2,1H3. The summed E-state index contributed by atoms with van der Waals surface area (Å²) in [6.45, 7) is 2.71. The van der Waals surface area contributed by atoms with Crippen molar-refractivity contribution in [2.75, 3.05) is 13.2 Å². The molecule has 78 valence electrons. The predicted molar refractivity (Wildman–Crippen MR) is 50.2 cm³/mol. The van der Waals surface area contributed by atoms with Crippen LogP contribution < -0.4 is 5.73 Å².